The molecule has 0 amide bonds. The molecular formula is C13H24ClNO2. The third-order valence-electron chi connectivity index (χ3n) is 3.68. The van der Waals surface area contributed by atoms with E-state index in [0.717, 1.165) is 12.8 Å². The summed E-state index contributed by atoms with van der Waals surface area (Å²) < 4.78 is 7.70. The molecule has 1 aliphatic rings. The Hall–Kier alpha value is -0.250. The number of aliphatic hydroxyl groups is 1. The summed E-state index contributed by atoms with van der Waals surface area (Å²) in [6.07, 6.45) is 1.54. The Morgan fingerprint density at radius 3 is 2.47 bits per heavy atom. The third-order valence-corrected chi connectivity index (χ3v) is 4.57. The van der Waals surface area contributed by atoms with Crippen LogP contribution in [0.1, 0.15) is 47.5 Å². The number of hydrogen-bond donors (Lipinski definition) is 1. The lowest BCUT2D eigenvalue weighted by Crippen LogP contribution is -2.61. The monoisotopic (exact) mass is 261 g/mol. The van der Waals surface area contributed by atoms with E-state index in [-0.39, 0.29) is 29.0 Å². The summed E-state index contributed by atoms with van der Waals surface area (Å²) in [6, 6.07) is 0. The van der Waals surface area contributed by atoms with Crippen molar-refractivity contribution in [3.05, 3.63) is 12.3 Å². The Balaban J connectivity index is 2.80. The highest BCUT2D eigenvalue weighted by molar-refractivity contribution is 6.14. The summed E-state index contributed by atoms with van der Waals surface area (Å²) in [5.41, 5.74) is -0.308. The van der Waals surface area contributed by atoms with Gasteiger partial charge in [0.05, 0.1) is 11.6 Å². The molecule has 0 bridgehead atoms. The summed E-state index contributed by atoms with van der Waals surface area (Å²) in [7, 11) is 0. The average Bonchev–Trinajstić information content (AvgIpc) is 2.20. The molecule has 1 saturated heterocycles. The van der Waals surface area contributed by atoms with Crippen molar-refractivity contribution >= 4 is 11.8 Å². The maximum absolute atomic E-state index is 9.32. The zero-order valence-electron chi connectivity index (χ0n) is 11.5. The second-order valence-corrected chi connectivity index (χ2v) is 6.38. The Kier molecular flexibility index (Phi) is 4.17. The molecule has 0 spiro atoms. The van der Waals surface area contributed by atoms with Crippen molar-refractivity contribution < 1.29 is 9.84 Å². The second kappa shape index (κ2) is 4.79. The van der Waals surface area contributed by atoms with E-state index in [4.69, 9.17) is 16.5 Å². The highest BCUT2D eigenvalue weighted by atomic mass is 35.5. The number of nitrogens with zero attached hydrogens (tertiary/aromatic N) is 1. The van der Waals surface area contributed by atoms with Crippen LogP contribution in [0.5, 0.6) is 0 Å². The fourth-order valence-electron chi connectivity index (χ4n) is 2.40. The van der Waals surface area contributed by atoms with Gasteiger partial charge in [0, 0.05) is 5.54 Å². The standard InChI is InChI=1S/C13H24ClNO2/c1-9(16)10(2)17-11-7-8-12(3,4)15(14)13(11,5)6/h10-11,16H,1,7-8H2,2-6H3/t10-,11-/m0/s1. The molecule has 3 nitrogen and oxygen atoms in total. The van der Waals surface area contributed by atoms with Gasteiger partial charge in [-0.3, -0.25) is 0 Å². The molecule has 17 heavy (non-hydrogen) atoms. The van der Waals surface area contributed by atoms with Gasteiger partial charge in [0.15, 0.2) is 0 Å². The SMILES string of the molecule is C=C(O)[C@H](C)O[C@H]1CCC(C)(C)N(Cl)C1(C)C. The zero-order chi connectivity index (χ0) is 13.4. The minimum atomic E-state index is -0.356. The van der Waals surface area contributed by atoms with Crippen molar-refractivity contribution in [3.63, 3.8) is 0 Å². The van der Waals surface area contributed by atoms with Gasteiger partial charge < -0.3 is 9.84 Å². The summed E-state index contributed by atoms with van der Waals surface area (Å²) in [5, 5.41) is 9.32. The minimum Gasteiger partial charge on any atom is -0.510 e. The maximum Gasteiger partial charge on any atom is 0.114 e. The highest BCUT2D eigenvalue weighted by Crippen LogP contribution is 2.41. The van der Waals surface area contributed by atoms with E-state index >= 15 is 0 Å². The number of rotatable bonds is 3. The fraction of sp³-hybridized carbons (Fsp3) is 0.846. The van der Waals surface area contributed by atoms with Crippen LogP contribution >= 0.6 is 11.8 Å². The lowest BCUT2D eigenvalue weighted by Gasteiger charge is -2.52. The zero-order valence-corrected chi connectivity index (χ0v) is 12.2. The largest absolute Gasteiger partial charge is 0.510 e. The predicted octanol–water partition coefficient (Wildman–Crippen LogP) is 3.64. The van der Waals surface area contributed by atoms with Crippen LogP contribution < -0.4 is 0 Å². The lowest BCUT2D eigenvalue weighted by molar-refractivity contribution is -0.113. The van der Waals surface area contributed by atoms with Gasteiger partial charge in [-0.05, 0) is 59.2 Å². The first kappa shape index (κ1) is 14.8. The van der Waals surface area contributed by atoms with E-state index in [1.165, 1.54) is 0 Å². The average molecular weight is 262 g/mol. The van der Waals surface area contributed by atoms with E-state index in [1.54, 1.807) is 6.92 Å². The van der Waals surface area contributed by atoms with Gasteiger partial charge >= 0.3 is 0 Å². The van der Waals surface area contributed by atoms with Crippen molar-refractivity contribution in [2.45, 2.75) is 70.7 Å². The van der Waals surface area contributed by atoms with E-state index in [2.05, 4.69) is 34.3 Å². The van der Waals surface area contributed by atoms with Gasteiger partial charge in [0.25, 0.3) is 0 Å². The second-order valence-electron chi connectivity index (χ2n) is 6.04. The van der Waals surface area contributed by atoms with Gasteiger partial charge in [-0.1, -0.05) is 6.58 Å². The van der Waals surface area contributed by atoms with E-state index in [0.29, 0.717) is 0 Å². The fourth-order valence-corrected chi connectivity index (χ4v) is 2.60. The van der Waals surface area contributed by atoms with Crippen molar-refractivity contribution in [2.75, 3.05) is 0 Å². The lowest BCUT2D eigenvalue weighted by atomic mass is 9.80. The number of hydrogen-bond acceptors (Lipinski definition) is 3. The molecule has 0 aromatic heterocycles. The topological polar surface area (TPSA) is 32.7 Å². The normalized spacial score (nSPS) is 29.9. The molecule has 1 aliphatic heterocycles. The van der Waals surface area contributed by atoms with Crippen LogP contribution in [0.2, 0.25) is 0 Å². The summed E-state index contributed by atoms with van der Waals surface area (Å²) in [4.78, 5) is 0. The van der Waals surface area contributed by atoms with Crippen LogP contribution in [0, 0.1) is 0 Å². The molecule has 0 saturated carbocycles. The summed E-state index contributed by atoms with van der Waals surface area (Å²) >= 11 is 6.43. The molecule has 1 rings (SSSR count). The first-order valence-electron chi connectivity index (χ1n) is 6.08. The smallest absolute Gasteiger partial charge is 0.114 e. The molecule has 2 atom stereocenters. The van der Waals surface area contributed by atoms with Crippen LogP contribution in [0.15, 0.2) is 12.3 Å². The van der Waals surface area contributed by atoms with Crippen molar-refractivity contribution in [3.8, 4) is 0 Å². The summed E-state index contributed by atoms with van der Waals surface area (Å²) in [6.45, 7) is 13.7. The van der Waals surface area contributed by atoms with Gasteiger partial charge in [0.2, 0.25) is 0 Å². The molecule has 1 N–H and O–H groups in total. The third kappa shape index (κ3) is 2.95. The van der Waals surface area contributed by atoms with E-state index < -0.39 is 0 Å². The van der Waals surface area contributed by atoms with Gasteiger partial charge in [-0.15, -0.1) is 0 Å². The highest BCUT2D eigenvalue weighted by Gasteiger charge is 2.47. The number of ether oxygens (including phenoxy) is 1. The van der Waals surface area contributed by atoms with Crippen molar-refractivity contribution in [2.24, 2.45) is 0 Å². The molecule has 0 unspecified atom stereocenters. The number of halogens is 1. The van der Waals surface area contributed by atoms with Crippen LogP contribution in [0.3, 0.4) is 0 Å². The Morgan fingerprint density at radius 1 is 1.47 bits per heavy atom. The van der Waals surface area contributed by atoms with Crippen LogP contribution in [-0.4, -0.2) is 32.8 Å². The maximum atomic E-state index is 9.32. The first-order valence-corrected chi connectivity index (χ1v) is 6.42. The Bertz CT molecular complexity index is 302. The number of aliphatic hydroxyl groups excluding tert-OH is 1. The quantitative estimate of drug-likeness (QED) is 0.622. The van der Waals surface area contributed by atoms with Crippen molar-refractivity contribution in [1.82, 2.24) is 4.42 Å². The molecule has 1 fully saturated rings. The first-order chi connectivity index (χ1) is 7.59. The molecule has 100 valence electrons. The van der Waals surface area contributed by atoms with Crippen LogP contribution in [-0.2, 0) is 4.74 Å². The predicted molar refractivity (Wildman–Crippen MR) is 71.2 cm³/mol. The Labute approximate surface area is 110 Å². The molecule has 0 aromatic rings. The van der Waals surface area contributed by atoms with Gasteiger partial charge in [-0.2, -0.15) is 0 Å². The van der Waals surface area contributed by atoms with Gasteiger partial charge in [0.1, 0.15) is 11.9 Å². The molecular weight excluding hydrogens is 238 g/mol. The summed E-state index contributed by atoms with van der Waals surface area (Å²) in [5.74, 6) is 0.0618. The van der Waals surface area contributed by atoms with Crippen molar-refractivity contribution in [1.29, 1.82) is 0 Å². The number of piperidine rings is 1. The van der Waals surface area contributed by atoms with E-state index in [1.807, 2.05) is 4.42 Å². The Morgan fingerprint density at radius 2 is 2.00 bits per heavy atom. The molecule has 0 aromatic carbocycles. The molecule has 0 radical (unpaired) electrons. The minimum absolute atomic E-state index is 0.00748. The van der Waals surface area contributed by atoms with Crippen LogP contribution in [0.4, 0.5) is 0 Å². The van der Waals surface area contributed by atoms with E-state index in [9.17, 15) is 5.11 Å². The molecule has 4 heteroatoms. The molecule has 1 heterocycles. The van der Waals surface area contributed by atoms with Crippen LogP contribution in [0.25, 0.3) is 0 Å². The van der Waals surface area contributed by atoms with Gasteiger partial charge in [-0.25, -0.2) is 4.42 Å². The molecule has 0 aliphatic carbocycles.